The number of rotatable bonds is 5. The van der Waals surface area contributed by atoms with E-state index in [1.165, 1.54) is 5.56 Å². The molecule has 0 bridgehead atoms. The van der Waals surface area contributed by atoms with Crippen molar-refractivity contribution in [3.05, 3.63) is 113 Å². The van der Waals surface area contributed by atoms with Crippen molar-refractivity contribution in [2.75, 3.05) is 0 Å². The summed E-state index contributed by atoms with van der Waals surface area (Å²) in [6.07, 6.45) is 2.51. The molecular weight excluding hydrogens is 396 g/mol. The molecular formula is C28H22N2O2. The van der Waals surface area contributed by atoms with E-state index in [1.54, 1.807) is 12.3 Å². The summed E-state index contributed by atoms with van der Waals surface area (Å²) in [5.74, 6) is 0.772. The lowest BCUT2D eigenvalue weighted by Crippen LogP contribution is -1.91. The molecule has 156 valence electrons. The molecule has 5 rings (SSSR count). The molecule has 0 fully saturated rings. The highest BCUT2D eigenvalue weighted by Gasteiger charge is 2.10. The van der Waals surface area contributed by atoms with Gasteiger partial charge < -0.3 is 9.52 Å². The Labute approximate surface area is 186 Å². The monoisotopic (exact) mass is 418 g/mol. The third-order valence-corrected chi connectivity index (χ3v) is 5.44. The first-order valence-corrected chi connectivity index (χ1v) is 10.5. The van der Waals surface area contributed by atoms with E-state index in [2.05, 4.69) is 22.1 Å². The molecule has 0 unspecified atom stereocenters. The zero-order chi connectivity index (χ0) is 21.9. The lowest BCUT2D eigenvalue weighted by molar-refractivity contribution is 0.474. The van der Waals surface area contributed by atoms with Gasteiger partial charge in [-0.1, -0.05) is 54.6 Å². The van der Waals surface area contributed by atoms with Crippen molar-refractivity contribution in [1.29, 1.82) is 0 Å². The normalized spacial score (nSPS) is 11.4. The van der Waals surface area contributed by atoms with Crippen LogP contribution in [0.2, 0.25) is 0 Å². The highest BCUT2D eigenvalue weighted by molar-refractivity contribution is 5.86. The second kappa shape index (κ2) is 8.52. The number of phenols is 1. The smallest absolute Gasteiger partial charge is 0.227 e. The van der Waals surface area contributed by atoms with Crippen LogP contribution in [-0.4, -0.2) is 16.3 Å². The van der Waals surface area contributed by atoms with E-state index in [1.807, 2.05) is 79.7 Å². The number of hydrogen-bond donors (Lipinski definition) is 1. The average Bonchev–Trinajstić information content (AvgIpc) is 3.25. The van der Waals surface area contributed by atoms with Crippen LogP contribution in [0.25, 0.3) is 22.6 Å². The first-order chi connectivity index (χ1) is 15.7. The van der Waals surface area contributed by atoms with E-state index in [9.17, 15) is 5.11 Å². The summed E-state index contributed by atoms with van der Waals surface area (Å²) in [6.45, 7) is 2.01. The number of fused-ring (bicyclic) bond motifs is 1. The van der Waals surface area contributed by atoms with E-state index in [0.29, 0.717) is 11.5 Å². The third kappa shape index (κ3) is 4.16. The van der Waals surface area contributed by atoms with Gasteiger partial charge in [0.2, 0.25) is 5.89 Å². The maximum Gasteiger partial charge on any atom is 0.227 e. The fourth-order valence-corrected chi connectivity index (χ4v) is 3.67. The van der Waals surface area contributed by atoms with Gasteiger partial charge in [0.15, 0.2) is 5.58 Å². The summed E-state index contributed by atoms with van der Waals surface area (Å²) in [6, 6.07) is 29.6. The van der Waals surface area contributed by atoms with Gasteiger partial charge in [-0.25, -0.2) is 4.98 Å². The van der Waals surface area contributed by atoms with Gasteiger partial charge in [0.05, 0.1) is 5.69 Å². The number of oxazole rings is 1. The Bertz CT molecular complexity index is 1390. The molecule has 0 saturated carbocycles. The van der Waals surface area contributed by atoms with Crippen molar-refractivity contribution in [2.24, 2.45) is 4.99 Å². The molecule has 1 N–H and O–H groups in total. The second-order valence-corrected chi connectivity index (χ2v) is 7.80. The van der Waals surface area contributed by atoms with E-state index < -0.39 is 0 Å². The first kappa shape index (κ1) is 19.8. The van der Waals surface area contributed by atoms with E-state index in [0.717, 1.165) is 39.9 Å². The van der Waals surface area contributed by atoms with Gasteiger partial charge in [0.1, 0.15) is 11.3 Å². The quantitative estimate of drug-likeness (QED) is 0.318. The van der Waals surface area contributed by atoms with Crippen LogP contribution in [0, 0.1) is 6.92 Å². The summed E-state index contributed by atoms with van der Waals surface area (Å²) in [5, 5.41) is 10.3. The van der Waals surface area contributed by atoms with Crippen molar-refractivity contribution in [3.63, 3.8) is 0 Å². The number of aryl methyl sites for hydroxylation is 1. The Hall–Kier alpha value is -4.18. The molecule has 0 aliphatic carbocycles. The van der Waals surface area contributed by atoms with Crippen molar-refractivity contribution in [1.82, 2.24) is 4.98 Å². The van der Waals surface area contributed by atoms with Crippen LogP contribution in [0.4, 0.5) is 5.69 Å². The molecule has 0 radical (unpaired) electrons. The number of aromatic nitrogens is 1. The topological polar surface area (TPSA) is 58.6 Å². The molecule has 1 aromatic heterocycles. The van der Waals surface area contributed by atoms with E-state index >= 15 is 0 Å². The molecule has 5 aromatic rings. The Balaban J connectivity index is 1.44. The number of nitrogens with zero attached hydrogens (tertiary/aromatic N) is 2. The highest BCUT2D eigenvalue weighted by Crippen LogP contribution is 2.29. The van der Waals surface area contributed by atoms with Gasteiger partial charge in [-0.05, 0) is 66.4 Å². The molecule has 4 nitrogen and oxygen atoms in total. The Morgan fingerprint density at radius 2 is 1.69 bits per heavy atom. The molecule has 32 heavy (non-hydrogen) atoms. The molecule has 4 aromatic carbocycles. The molecule has 0 aliphatic heterocycles. The minimum absolute atomic E-state index is 0.207. The maximum atomic E-state index is 10.3. The molecule has 0 atom stereocenters. The number of hydrogen-bond acceptors (Lipinski definition) is 4. The van der Waals surface area contributed by atoms with Gasteiger partial charge in [-0.15, -0.1) is 0 Å². The Kier molecular flexibility index (Phi) is 5.26. The summed E-state index contributed by atoms with van der Waals surface area (Å²) < 4.78 is 5.90. The summed E-state index contributed by atoms with van der Waals surface area (Å²) >= 11 is 0. The van der Waals surface area contributed by atoms with Crippen LogP contribution in [0.1, 0.15) is 22.3 Å². The molecule has 0 spiro atoms. The molecule has 0 amide bonds. The number of aliphatic imine (C=N–C) groups is 1. The van der Waals surface area contributed by atoms with Crippen LogP contribution in [0.5, 0.6) is 5.75 Å². The minimum Gasteiger partial charge on any atom is -0.507 e. The highest BCUT2D eigenvalue weighted by atomic mass is 16.3. The van der Waals surface area contributed by atoms with Crippen LogP contribution in [-0.2, 0) is 6.42 Å². The van der Waals surface area contributed by atoms with E-state index in [4.69, 9.17) is 4.42 Å². The van der Waals surface area contributed by atoms with Gasteiger partial charge in [0, 0.05) is 17.3 Å². The number of phenolic OH excluding ortho intramolecular Hbond substituents is 1. The predicted octanol–water partition coefficient (Wildman–Crippen LogP) is 6.85. The molecule has 4 heteroatoms. The standard InChI is InChI=1S/C28H22N2O2/c1-19-11-13-22(28-30-24-9-5-6-10-27(24)32-28)17-25(19)29-18-23-16-21(12-14-26(23)31)15-20-7-3-2-4-8-20/h2-14,16-18,31H,15H2,1H3. The van der Waals surface area contributed by atoms with Gasteiger partial charge >= 0.3 is 0 Å². The van der Waals surface area contributed by atoms with Crippen molar-refractivity contribution in [2.45, 2.75) is 13.3 Å². The molecule has 1 heterocycles. The average molecular weight is 418 g/mol. The van der Waals surface area contributed by atoms with Gasteiger partial charge in [-0.3, -0.25) is 4.99 Å². The van der Waals surface area contributed by atoms with Crippen molar-refractivity contribution >= 4 is 23.0 Å². The summed E-state index contributed by atoms with van der Waals surface area (Å²) in [4.78, 5) is 9.25. The lowest BCUT2D eigenvalue weighted by atomic mass is 10.0. The lowest BCUT2D eigenvalue weighted by Gasteiger charge is -2.06. The van der Waals surface area contributed by atoms with Crippen LogP contribution < -0.4 is 0 Å². The fraction of sp³-hybridized carbons (Fsp3) is 0.0714. The Morgan fingerprint density at radius 3 is 2.53 bits per heavy atom. The minimum atomic E-state index is 0.207. The fourth-order valence-electron chi connectivity index (χ4n) is 3.67. The summed E-state index contributed by atoms with van der Waals surface area (Å²) in [7, 11) is 0. The van der Waals surface area contributed by atoms with Gasteiger partial charge in [0.25, 0.3) is 0 Å². The number of para-hydroxylation sites is 2. The maximum absolute atomic E-state index is 10.3. The third-order valence-electron chi connectivity index (χ3n) is 5.44. The number of benzene rings is 4. The zero-order valence-electron chi connectivity index (χ0n) is 17.7. The van der Waals surface area contributed by atoms with Crippen molar-refractivity contribution < 1.29 is 9.52 Å². The summed E-state index contributed by atoms with van der Waals surface area (Å²) in [5.41, 5.74) is 7.31. The van der Waals surface area contributed by atoms with Crippen LogP contribution in [0.3, 0.4) is 0 Å². The van der Waals surface area contributed by atoms with Crippen LogP contribution in [0.15, 0.2) is 100 Å². The van der Waals surface area contributed by atoms with E-state index in [-0.39, 0.29) is 5.75 Å². The van der Waals surface area contributed by atoms with Crippen molar-refractivity contribution in [3.8, 4) is 17.2 Å². The van der Waals surface area contributed by atoms with Crippen LogP contribution >= 0.6 is 0 Å². The Morgan fingerprint density at radius 1 is 0.875 bits per heavy atom. The SMILES string of the molecule is Cc1ccc(-c2nc3ccccc3o2)cc1N=Cc1cc(Cc2ccccc2)ccc1O. The molecule has 0 saturated heterocycles. The zero-order valence-corrected chi connectivity index (χ0v) is 17.7. The number of aromatic hydroxyl groups is 1. The first-order valence-electron chi connectivity index (χ1n) is 10.5. The molecule has 0 aliphatic rings. The second-order valence-electron chi connectivity index (χ2n) is 7.80. The predicted molar refractivity (Wildman–Crippen MR) is 129 cm³/mol. The largest absolute Gasteiger partial charge is 0.507 e. The van der Waals surface area contributed by atoms with Gasteiger partial charge in [-0.2, -0.15) is 0 Å².